The van der Waals surface area contributed by atoms with E-state index < -0.39 is 0 Å². The van der Waals surface area contributed by atoms with Gasteiger partial charge in [-0.3, -0.25) is 0 Å². The highest BCUT2D eigenvalue weighted by molar-refractivity contribution is 4.85. The first-order chi connectivity index (χ1) is 7.83. The maximum absolute atomic E-state index is 10.4. The van der Waals surface area contributed by atoms with E-state index in [9.17, 15) is 5.11 Å². The Morgan fingerprint density at radius 1 is 1.12 bits per heavy atom. The van der Waals surface area contributed by atoms with Gasteiger partial charge in [-0.05, 0) is 25.2 Å². The molecule has 0 amide bonds. The minimum atomic E-state index is -0.337. The van der Waals surface area contributed by atoms with Gasteiger partial charge in [0.2, 0.25) is 0 Å². The van der Waals surface area contributed by atoms with E-state index >= 15 is 0 Å². The van der Waals surface area contributed by atoms with Crippen LogP contribution >= 0.6 is 0 Å². The van der Waals surface area contributed by atoms with Crippen LogP contribution in [-0.4, -0.2) is 37.6 Å². The monoisotopic (exact) mass is 228 g/mol. The highest BCUT2D eigenvalue weighted by Crippen LogP contribution is 2.32. The highest BCUT2D eigenvalue weighted by atomic mass is 16.5. The molecule has 3 unspecified atom stereocenters. The van der Waals surface area contributed by atoms with Crippen molar-refractivity contribution < 1.29 is 14.6 Å². The van der Waals surface area contributed by atoms with Crippen LogP contribution in [0, 0.1) is 11.8 Å². The van der Waals surface area contributed by atoms with Gasteiger partial charge in [-0.1, -0.05) is 19.3 Å². The van der Waals surface area contributed by atoms with Gasteiger partial charge in [0.1, 0.15) is 0 Å². The highest BCUT2D eigenvalue weighted by Gasteiger charge is 2.35. The Balaban J connectivity index is 1.91. The molecule has 2 fully saturated rings. The summed E-state index contributed by atoms with van der Waals surface area (Å²) in [6.07, 6.45) is 7.01. The number of aliphatic hydroxyl groups is 1. The lowest BCUT2D eigenvalue weighted by atomic mass is 9.80. The zero-order valence-electron chi connectivity index (χ0n) is 10.2. The molecule has 0 bridgehead atoms. The van der Waals surface area contributed by atoms with Gasteiger partial charge in [0.25, 0.3) is 0 Å². The van der Waals surface area contributed by atoms with Crippen molar-refractivity contribution in [3.63, 3.8) is 0 Å². The van der Waals surface area contributed by atoms with Crippen LogP contribution in [0.3, 0.4) is 0 Å². The lowest BCUT2D eigenvalue weighted by molar-refractivity contribution is -0.0782. The molecule has 1 saturated heterocycles. The van der Waals surface area contributed by atoms with Gasteiger partial charge in [0.15, 0.2) is 0 Å². The Kier molecular flexibility index (Phi) is 4.62. The molecule has 1 aliphatic heterocycles. The first-order valence-electron chi connectivity index (χ1n) is 6.61. The van der Waals surface area contributed by atoms with E-state index in [1.807, 2.05) is 0 Å². The summed E-state index contributed by atoms with van der Waals surface area (Å²) in [5.41, 5.74) is 0. The first kappa shape index (κ1) is 12.3. The van der Waals surface area contributed by atoms with Gasteiger partial charge >= 0.3 is 0 Å². The lowest BCUT2D eigenvalue weighted by Crippen LogP contribution is -2.41. The Bertz CT molecular complexity index is 195. The normalized spacial score (nSPS) is 31.5. The Morgan fingerprint density at radius 2 is 1.88 bits per heavy atom. The van der Waals surface area contributed by atoms with Gasteiger partial charge in [0.05, 0.1) is 18.8 Å². The summed E-state index contributed by atoms with van der Waals surface area (Å²) >= 11 is 0. The molecule has 16 heavy (non-hydrogen) atoms. The molecule has 3 nitrogen and oxygen atoms in total. The molecule has 0 spiro atoms. The SMILES string of the molecule is COC(C1CCCCC1)C(O)C1CCOC1. The summed E-state index contributed by atoms with van der Waals surface area (Å²) in [6, 6.07) is 0. The van der Waals surface area contributed by atoms with E-state index in [2.05, 4.69) is 0 Å². The van der Waals surface area contributed by atoms with Crippen molar-refractivity contribution >= 4 is 0 Å². The fourth-order valence-electron chi connectivity index (χ4n) is 3.16. The number of ether oxygens (including phenoxy) is 2. The molecule has 0 aromatic rings. The van der Waals surface area contributed by atoms with Gasteiger partial charge in [0, 0.05) is 19.6 Å². The maximum atomic E-state index is 10.4. The maximum Gasteiger partial charge on any atom is 0.0861 e. The van der Waals surface area contributed by atoms with Crippen molar-refractivity contribution in [2.24, 2.45) is 11.8 Å². The largest absolute Gasteiger partial charge is 0.390 e. The standard InChI is InChI=1S/C13H24O3/c1-15-13(10-5-3-2-4-6-10)12(14)11-7-8-16-9-11/h10-14H,2-9H2,1H3. The molecule has 0 aromatic heterocycles. The molecule has 3 heteroatoms. The minimum Gasteiger partial charge on any atom is -0.390 e. The van der Waals surface area contributed by atoms with Crippen molar-refractivity contribution in [1.82, 2.24) is 0 Å². The average Bonchev–Trinajstić information content (AvgIpc) is 2.85. The molecular formula is C13H24O3. The zero-order chi connectivity index (χ0) is 11.4. The second-order valence-corrected chi connectivity index (χ2v) is 5.21. The molecular weight excluding hydrogens is 204 g/mol. The molecule has 1 aliphatic carbocycles. The van der Waals surface area contributed by atoms with E-state index in [4.69, 9.17) is 9.47 Å². The predicted octanol–water partition coefficient (Wildman–Crippen LogP) is 1.98. The van der Waals surface area contributed by atoms with E-state index in [-0.39, 0.29) is 18.1 Å². The number of methoxy groups -OCH3 is 1. The quantitative estimate of drug-likeness (QED) is 0.799. The summed E-state index contributed by atoms with van der Waals surface area (Å²) in [4.78, 5) is 0. The van der Waals surface area contributed by atoms with Crippen molar-refractivity contribution in [3.8, 4) is 0 Å². The fourth-order valence-corrected chi connectivity index (χ4v) is 3.16. The third kappa shape index (κ3) is 2.76. The molecule has 2 aliphatic rings. The van der Waals surface area contributed by atoms with Crippen molar-refractivity contribution in [2.75, 3.05) is 20.3 Å². The summed E-state index contributed by atoms with van der Waals surface area (Å²) in [5.74, 6) is 0.834. The van der Waals surface area contributed by atoms with Crippen LogP contribution in [0.2, 0.25) is 0 Å². The van der Waals surface area contributed by atoms with Crippen LogP contribution in [0.15, 0.2) is 0 Å². The van der Waals surface area contributed by atoms with Crippen LogP contribution in [0.5, 0.6) is 0 Å². The summed E-state index contributed by atoms with van der Waals surface area (Å²) < 4.78 is 10.9. The number of hydrogen-bond donors (Lipinski definition) is 1. The van der Waals surface area contributed by atoms with Crippen LogP contribution in [0.1, 0.15) is 38.5 Å². The zero-order valence-corrected chi connectivity index (χ0v) is 10.2. The third-order valence-corrected chi connectivity index (χ3v) is 4.17. The average molecular weight is 228 g/mol. The number of aliphatic hydroxyl groups excluding tert-OH is 1. The Labute approximate surface area is 98.1 Å². The van der Waals surface area contributed by atoms with Crippen LogP contribution in [-0.2, 0) is 9.47 Å². The second kappa shape index (κ2) is 5.99. The van der Waals surface area contributed by atoms with E-state index in [0.29, 0.717) is 12.5 Å². The van der Waals surface area contributed by atoms with Crippen LogP contribution in [0.25, 0.3) is 0 Å². The summed E-state index contributed by atoms with van der Waals surface area (Å²) in [6.45, 7) is 1.50. The Morgan fingerprint density at radius 3 is 2.44 bits per heavy atom. The van der Waals surface area contributed by atoms with Gasteiger partial charge in [-0.2, -0.15) is 0 Å². The van der Waals surface area contributed by atoms with Crippen LogP contribution in [0.4, 0.5) is 0 Å². The predicted molar refractivity (Wildman–Crippen MR) is 62.3 cm³/mol. The van der Waals surface area contributed by atoms with Crippen LogP contribution < -0.4 is 0 Å². The molecule has 1 heterocycles. The fraction of sp³-hybridized carbons (Fsp3) is 1.00. The first-order valence-corrected chi connectivity index (χ1v) is 6.61. The van der Waals surface area contributed by atoms with Crippen molar-refractivity contribution in [1.29, 1.82) is 0 Å². The van der Waals surface area contributed by atoms with Gasteiger partial charge in [-0.15, -0.1) is 0 Å². The summed E-state index contributed by atoms with van der Waals surface area (Å²) in [7, 11) is 1.73. The summed E-state index contributed by atoms with van der Waals surface area (Å²) in [5, 5.41) is 10.4. The molecule has 1 saturated carbocycles. The third-order valence-electron chi connectivity index (χ3n) is 4.17. The van der Waals surface area contributed by atoms with Crippen molar-refractivity contribution in [2.45, 2.75) is 50.7 Å². The lowest BCUT2D eigenvalue weighted by Gasteiger charge is -2.34. The minimum absolute atomic E-state index is 0.0204. The number of hydrogen-bond acceptors (Lipinski definition) is 3. The molecule has 1 N–H and O–H groups in total. The van der Waals surface area contributed by atoms with E-state index in [0.717, 1.165) is 13.0 Å². The van der Waals surface area contributed by atoms with Gasteiger partial charge in [-0.25, -0.2) is 0 Å². The molecule has 0 aromatic carbocycles. The van der Waals surface area contributed by atoms with E-state index in [1.165, 1.54) is 32.1 Å². The Hall–Kier alpha value is -0.120. The second-order valence-electron chi connectivity index (χ2n) is 5.21. The smallest absolute Gasteiger partial charge is 0.0861 e. The molecule has 0 radical (unpaired) electrons. The number of rotatable bonds is 4. The molecule has 3 atom stereocenters. The molecule has 94 valence electrons. The molecule has 2 rings (SSSR count). The van der Waals surface area contributed by atoms with E-state index in [1.54, 1.807) is 7.11 Å². The van der Waals surface area contributed by atoms with Gasteiger partial charge < -0.3 is 14.6 Å². The topological polar surface area (TPSA) is 38.7 Å². The van der Waals surface area contributed by atoms with Crippen molar-refractivity contribution in [3.05, 3.63) is 0 Å².